The molecule has 88 valence electrons. The van der Waals surface area contributed by atoms with Crippen LogP contribution in [-0.4, -0.2) is 6.61 Å². The molecule has 0 aliphatic rings. The van der Waals surface area contributed by atoms with Crippen LogP contribution in [0.5, 0.6) is 5.75 Å². The summed E-state index contributed by atoms with van der Waals surface area (Å²) in [6, 6.07) is 6.29. The van der Waals surface area contributed by atoms with Gasteiger partial charge in [0, 0.05) is 6.04 Å². The third kappa shape index (κ3) is 3.98. The van der Waals surface area contributed by atoms with Crippen molar-refractivity contribution in [2.45, 2.75) is 25.5 Å². The highest BCUT2D eigenvalue weighted by atomic mass is 19.3. The molecule has 4 heteroatoms. The van der Waals surface area contributed by atoms with Crippen molar-refractivity contribution in [2.75, 3.05) is 0 Å². The minimum absolute atomic E-state index is 0.0985. The largest absolute Gasteiger partial charge is 0.435 e. The Balaban J connectivity index is 2.59. The zero-order chi connectivity index (χ0) is 12.0. The molecule has 1 aromatic rings. The van der Waals surface area contributed by atoms with Crippen LogP contribution in [-0.2, 0) is 0 Å². The summed E-state index contributed by atoms with van der Waals surface area (Å²) in [6.45, 7) is 0.823. The summed E-state index contributed by atoms with van der Waals surface area (Å²) in [7, 11) is 0. The Morgan fingerprint density at radius 3 is 2.44 bits per heavy atom. The highest BCUT2D eigenvalue weighted by molar-refractivity contribution is 5.29. The zero-order valence-electron chi connectivity index (χ0n) is 8.90. The Labute approximate surface area is 93.7 Å². The number of rotatable bonds is 6. The van der Waals surface area contributed by atoms with E-state index in [1.807, 2.05) is 0 Å². The molecule has 0 saturated heterocycles. The molecule has 1 aromatic carbocycles. The Morgan fingerprint density at radius 2 is 1.94 bits per heavy atom. The van der Waals surface area contributed by atoms with E-state index in [4.69, 9.17) is 5.73 Å². The molecule has 0 radical (unpaired) electrons. The predicted octanol–water partition coefficient (Wildman–Crippen LogP) is 3.25. The third-order valence-corrected chi connectivity index (χ3v) is 2.22. The van der Waals surface area contributed by atoms with Crippen molar-refractivity contribution in [2.24, 2.45) is 5.73 Å². The maximum absolute atomic E-state index is 11.9. The van der Waals surface area contributed by atoms with Crippen LogP contribution in [0, 0.1) is 0 Å². The molecule has 0 fully saturated rings. The minimum Gasteiger partial charge on any atom is -0.435 e. The molecule has 1 rings (SSSR count). The van der Waals surface area contributed by atoms with E-state index in [9.17, 15) is 8.78 Å². The molecule has 0 heterocycles. The quantitative estimate of drug-likeness (QED) is 0.757. The lowest BCUT2D eigenvalue weighted by atomic mass is 10.0. The number of hydrogen-bond acceptors (Lipinski definition) is 2. The zero-order valence-corrected chi connectivity index (χ0v) is 8.90. The van der Waals surface area contributed by atoms with Crippen molar-refractivity contribution < 1.29 is 13.5 Å². The first kappa shape index (κ1) is 12.6. The molecular formula is C12H15F2NO. The van der Waals surface area contributed by atoms with Gasteiger partial charge in [-0.3, -0.25) is 0 Å². The van der Waals surface area contributed by atoms with Crippen LogP contribution in [0.4, 0.5) is 8.78 Å². The van der Waals surface area contributed by atoms with Crippen LogP contribution in [0.2, 0.25) is 0 Å². The lowest BCUT2D eigenvalue weighted by Crippen LogP contribution is -2.09. The van der Waals surface area contributed by atoms with Gasteiger partial charge in [-0.05, 0) is 30.5 Å². The molecule has 0 saturated carbocycles. The van der Waals surface area contributed by atoms with E-state index < -0.39 is 6.61 Å². The number of nitrogens with two attached hydrogens (primary N) is 1. The van der Waals surface area contributed by atoms with Crippen molar-refractivity contribution in [1.82, 2.24) is 0 Å². The molecule has 0 aliphatic carbocycles. The molecule has 2 N–H and O–H groups in total. The van der Waals surface area contributed by atoms with E-state index in [0.29, 0.717) is 0 Å². The second-order valence-electron chi connectivity index (χ2n) is 3.42. The fourth-order valence-corrected chi connectivity index (χ4v) is 1.36. The second kappa shape index (κ2) is 6.23. The number of halogens is 2. The van der Waals surface area contributed by atoms with Crippen LogP contribution >= 0.6 is 0 Å². The summed E-state index contributed by atoms with van der Waals surface area (Å²) in [6.07, 6.45) is 3.42. The number of hydrogen-bond donors (Lipinski definition) is 1. The van der Waals surface area contributed by atoms with Gasteiger partial charge in [-0.2, -0.15) is 8.78 Å². The lowest BCUT2D eigenvalue weighted by Gasteiger charge is -2.11. The van der Waals surface area contributed by atoms with E-state index in [0.717, 1.165) is 18.4 Å². The normalized spacial score (nSPS) is 12.5. The average molecular weight is 227 g/mol. The van der Waals surface area contributed by atoms with Crippen LogP contribution in [0.25, 0.3) is 0 Å². The van der Waals surface area contributed by atoms with Gasteiger partial charge in [-0.25, -0.2) is 0 Å². The van der Waals surface area contributed by atoms with Gasteiger partial charge in [0.1, 0.15) is 5.75 Å². The Bertz CT molecular complexity index is 324. The van der Waals surface area contributed by atoms with Crippen LogP contribution in [0.1, 0.15) is 24.4 Å². The molecular weight excluding hydrogens is 212 g/mol. The van der Waals surface area contributed by atoms with E-state index in [1.54, 1.807) is 18.2 Å². The summed E-state index contributed by atoms with van der Waals surface area (Å²) in [5, 5.41) is 0. The van der Waals surface area contributed by atoms with E-state index >= 15 is 0 Å². The lowest BCUT2D eigenvalue weighted by molar-refractivity contribution is -0.0498. The average Bonchev–Trinajstić information content (AvgIpc) is 2.26. The molecule has 2 nitrogen and oxygen atoms in total. The van der Waals surface area contributed by atoms with Gasteiger partial charge in [0.15, 0.2) is 0 Å². The minimum atomic E-state index is -2.79. The Kier molecular flexibility index (Phi) is 4.92. The first-order valence-corrected chi connectivity index (χ1v) is 5.04. The molecule has 0 bridgehead atoms. The van der Waals surface area contributed by atoms with Gasteiger partial charge in [0.05, 0.1) is 0 Å². The standard InChI is InChI=1S/C12H15F2NO/c1-2-3-4-11(15)9-5-7-10(8-6-9)16-12(13)14/h2,5-8,11-12H,1,3-4,15H2/t11-/m1/s1. The van der Waals surface area contributed by atoms with Crippen LogP contribution in [0.3, 0.4) is 0 Å². The monoisotopic (exact) mass is 227 g/mol. The maximum atomic E-state index is 11.9. The molecule has 0 spiro atoms. The fourth-order valence-electron chi connectivity index (χ4n) is 1.36. The van der Waals surface area contributed by atoms with Crippen molar-refractivity contribution in [1.29, 1.82) is 0 Å². The summed E-state index contributed by atoms with van der Waals surface area (Å²) >= 11 is 0. The number of benzene rings is 1. The molecule has 16 heavy (non-hydrogen) atoms. The van der Waals surface area contributed by atoms with Gasteiger partial charge in [0.25, 0.3) is 0 Å². The first-order chi connectivity index (χ1) is 7.63. The van der Waals surface area contributed by atoms with Gasteiger partial charge in [0.2, 0.25) is 0 Å². The molecule has 0 aromatic heterocycles. The van der Waals surface area contributed by atoms with E-state index in [1.165, 1.54) is 12.1 Å². The van der Waals surface area contributed by atoms with Gasteiger partial charge >= 0.3 is 6.61 Å². The number of alkyl halides is 2. The van der Waals surface area contributed by atoms with Gasteiger partial charge < -0.3 is 10.5 Å². The van der Waals surface area contributed by atoms with Crippen LogP contribution < -0.4 is 10.5 Å². The fraction of sp³-hybridized carbons (Fsp3) is 0.333. The topological polar surface area (TPSA) is 35.2 Å². The third-order valence-electron chi connectivity index (χ3n) is 2.22. The number of allylic oxidation sites excluding steroid dienone is 1. The van der Waals surface area contributed by atoms with Gasteiger partial charge in [-0.15, -0.1) is 6.58 Å². The Hall–Kier alpha value is -1.42. The summed E-state index contributed by atoms with van der Waals surface area (Å²) in [5.41, 5.74) is 6.80. The summed E-state index contributed by atoms with van der Waals surface area (Å²) in [4.78, 5) is 0. The van der Waals surface area contributed by atoms with Crippen molar-refractivity contribution in [3.8, 4) is 5.75 Å². The van der Waals surface area contributed by atoms with E-state index in [-0.39, 0.29) is 11.8 Å². The predicted molar refractivity (Wildman–Crippen MR) is 59.4 cm³/mol. The maximum Gasteiger partial charge on any atom is 0.387 e. The number of ether oxygens (including phenoxy) is 1. The highest BCUT2D eigenvalue weighted by Gasteiger charge is 2.07. The van der Waals surface area contributed by atoms with Crippen molar-refractivity contribution in [3.05, 3.63) is 42.5 Å². The van der Waals surface area contributed by atoms with Crippen molar-refractivity contribution in [3.63, 3.8) is 0 Å². The molecule has 0 unspecified atom stereocenters. The molecule has 1 atom stereocenters. The Morgan fingerprint density at radius 1 is 1.31 bits per heavy atom. The summed E-state index contributed by atoms with van der Waals surface area (Å²) < 4.78 is 28.0. The van der Waals surface area contributed by atoms with Crippen LogP contribution in [0.15, 0.2) is 36.9 Å². The van der Waals surface area contributed by atoms with E-state index in [2.05, 4.69) is 11.3 Å². The highest BCUT2D eigenvalue weighted by Crippen LogP contribution is 2.20. The smallest absolute Gasteiger partial charge is 0.387 e. The van der Waals surface area contributed by atoms with Gasteiger partial charge in [-0.1, -0.05) is 18.2 Å². The first-order valence-electron chi connectivity index (χ1n) is 5.04. The SMILES string of the molecule is C=CCC[C@@H](N)c1ccc(OC(F)F)cc1. The molecule has 0 aliphatic heterocycles. The summed E-state index contributed by atoms with van der Waals surface area (Å²) in [5.74, 6) is 0.148. The molecule has 0 amide bonds. The van der Waals surface area contributed by atoms with Crippen molar-refractivity contribution >= 4 is 0 Å². The second-order valence-corrected chi connectivity index (χ2v) is 3.42.